The molecule has 0 heterocycles. The van der Waals surface area contributed by atoms with Crippen molar-refractivity contribution in [1.29, 1.82) is 0 Å². The van der Waals surface area contributed by atoms with Gasteiger partial charge in [-0.2, -0.15) is 0 Å². The Morgan fingerprint density at radius 3 is 3.15 bits per heavy atom. The minimum absolute atomic E-state index is 0.350. The van der Waals surface area contributed by atoms with E-state index in [1.165, 1.54) is 0 Å². The molecule has 0 aromatic heterocycles. The fourth-order valence-electron chi connectivity index (χ4n) is 3.33. The average Bonchev–Trinajstić information content (AvgIpc) is 2.75. The molecule has 3 aliphatic rings. The Hall–Kier alpha value is -1.05. The van der Waals surface area contributed by atoms with Gasteiger partial charge in [0, 0.05) is 5.57 Å². The van der Waals surface area contributed by atoms with Crippen LogP contribution in [0.2, 0.25) is 0 Å². The summed E-state index contributed by atoms with van der Waals surface area (Å²) in [6, 6.07) is 0. The molecule has 0 spiro atoms. The second-order valence-electron chi connectivity index (χ2n) is 4.34. The van der Waals surface area contributed by atoms with E-state index in [1.54, 1.807) is 0 Å². The van der Waals surface area contributed by atoms with Crippen LogP contribution in [0, 0.1) is 23.7 Å². The molecule has 2 nitrogen and oxygen atoms in total. The van der Waals surface area contributed by atoms with E-state index in [1.807, 2.05) is 6.08 Å². The Labute approximate surface area is 76.9 Å². The van der Waals surface area contributed by atoms with Gasteiger partial charge in [-0.25, -0.2) is 4.79 Å². The summed E-state index contributed by atoms with van der Waals surface area (Å²) in [4.78, 5) is 10.9. The highest BCUT2D eigenvalue weighted by Gasteiger charge is 2.49. The molecule has 2 heteroatoms. The number of carboxylic acids is 1. The lowest BCUT2D eigenvalue weighted by atomic mass is 9.81. The van der Waals surface area contributed by atoms with E-state index >= 15 is 0 Å². The summed E-state index contributed by atoms with van der Waals surface area (Å²) in [5.74, 6) is 1.45. The number of allylic oxidation sites excluding steroid dienone is 3. The molecule has 0 unspecified atom stereocenters. The molecule has 0 amide bonds. The van der Waals surface area contributed by atoms with Gasteiger partial charge < -0.3 is 5.11 Å². The first-order valence-electron chi connectivity index (χ1n) is 4.89. The van der Waals surface area contributed by atoms with Gasteiger partial charge in [-0.15, -0.1) is 0 Å². The van der Waals surface area contributed by atoms with Gasteiger partial charge in [0.05, 0.1) is 0 Å². The molecule has 1 fully saturated rings. The summed E-state index contributed by atoms with van der Waals surface area (Å²) in [7, 11) is 0. The van der Waals surface area contributed by atoms with Crippen molar-refractivity contribution >= 4 is 5.97 Å². The van der Waals surface area contributed by atoms with Gasteiger partial charge in [-0.1, -0.05) is 18.2 Å². The van der Waals surface area contributed by atoms with Gasteiger partial charge in [-0.05, 0) is 36.5 Å². The van der Waals surface area contributed by atoms with Crippen molar-refractivity contribution in [3.8, 4) is 0 Å². The minimum Gasteiger partial charge on any atom is -0.478 e. The number of hydrogen-bond acceptors (Lipinski definition) is 1. The number of hydrogen-bond donors (Lipinski definition) is 1. The molecule has 0 aromatic rings. The van der Waals surface area contributed by atoms with Crippen LogP contribution in [0.4, 0.5) is 0 Å². The third-order valence-corrected chi connectivity index (χ3v) is 3.84. The molecule has 4 atom stereocenters. The van der Waals surface area contributed by atoms with Crippen LogP contribution < -0.4 is 0 Å². The summed E-state index contributed by atoms with van der Waals surface area (Å²) in [5.41, 5.74) is 0.690. The van der Waals surface area contributed by atoms with Crippen LogP contribution in [0.5, 0.6) is 0 Å². The van der Waals surface area contributed by atoms with Crippen LogP contribution in [0.1, 0.15) is 12.8 Å². The molecule has 1 saturated carbocycles. The van der Waals surface area contributed by atoms with Gasteiger partial charge in [-0.3, -0.25) is 0 Å². The van der Waals surface area contributed by atoms with Crippen molar-refractivity contribution in [2.24, 2.45) is 23.7 Å². The maximum absolute atomic E-state index is 10.9. The highest BCUT2D eigenvalue weighted by Crippen LogP contribution is 2.55. The van der Waals surface area contributed by atoms with E-state index in [2.05, 4.69) is 12.2 Å². The molecule has 0 aromatic carbocycles. The number of rotatable bonds is 1. The topological polar surface area (TPSA) is 37.3 Å². The second kappa shape index (κ2) is 2.25. The van der Waals surface area contributed by atoms with E-state index < -0.39 is 5.97 Å². The lowest BCUT2D eigenvalue weighted by Crippen LogP contribution is -2.20. The van der Waals surface area contributed by atoms with Gasteiger partial charge >= 0.3 is 5.97 Å². The number of carbonyl (C=O) groups is 1. The van der Waals surface area contributed by atoms with Crippen molar-refractivity contribution < 1.29 is 9.90 Å². The van der Waals surface area contributed by atoms with Crippen molar-refractivity contribution in [3.05, 3.63) is 23.8 Å². The molecule has 3 aliphatic carbocycles. The summed E-state index contributed by atoms with van der Waals surface area (Å²) in [5, 5.41) is 8.97. The zero-order chi connectivity index (χ0) is 9.00. The van der Waals surface area contributed by atoms with E-state index in [0.717, 1.165) is 12.8 Å². The molecular formula is C11H12O2. The van der Waals surface area contributed by atoms with Crippen LogP contribution >= 0.6 is 0 Å². The van der Waals surface area contributed by atoms with Gasteiger partial charge in [0.1, 0.15) is 0 Å². The first kappa shape index (κ1) is 7.36. The van der Waals surface area contributed by atoms with Crippen molar-refractivity contribution in [3.63, 3.8) is 0 Å². The Morgan fingerprint density at radius 2 is 2.38 bits per heavy atom. The zero-order valence-corrected chi connectivity index (χ0v) is 7.31. The van der Waals surface area contributed by atoms with Gasteiger partial charge in [0.25, 0.3) is 0 Å². The highest BCUT2D eigenvalue weighted by molar-refractivity contribution is 5.88. The fraction of sp³-hybridized carbons (Fsp3) is 0.545. The highest BCUT2D eigenvalue weighted by atomic mass is 16.4. The fourth-order valence-corrected chi connectivity index (χ4v) is 3.33. The van der Waals surface area contributed by atoms with E-state index in [-0.39, 0.29) is 0 Å². The maximum Gasteiger partial charge on any atom is 0.331 e. The molecule has 13 heavy (non-hydrogen) atoms. The smallest absolute Gasteiger partial charge is 0.331 e. The largest absolute Gasteiger partial charge is 0.478 e. The standard InChI is InChI=1S/C11H12O2/c12-11(13)10-5-6-4-9(10)8-3-1-2-7(6)8/h1-2,5-9H,3-4H2,(H,12,13)/t6-,7+,8+,9-/m1/s1. The first-order chi connectivity index (χ1) is 6.27. The molecule has 0 aliphatic heterocycles. The van der Waals surface area contributed by atoms with Gasteiger partial charge in [0.15, 0.2) is 0 Å². The Kier molecular flexibility index (Phi) is 1.27. The van der Waals surface area contributed by atoms with Crippen LogP contribution in [-0.2, 0) is 4.79 Å². The van der Waals surface area contributed by atoms with Gasteiger partial charge in [0.2, 0.25) is 0 Å². The lowest BCUT2D eigenvalue weighted by Gasteiger charge is -2.22. The minimum atomic E-state index is -0.696. The molecule has 0 radical (unpaired) electrons. The summed E-state index contributed by atoms with van der Waals surface area (Å²) in [6.07, 6.45) is 8.67. The Bertz CT molecular complexity index is 327. The monoisotopic (exact) mass is 176 g/mol. The van der Waals surface area contributed by atoms with Crippen molar-refractivity contribution in [2.45, 2.75) is 12.8 Å². The predicted molar refractivity (Wildman–Crippen MR) is 48.1 cm³/mol. The summed E-state index contributed by atoms with van der Waals surface area (Å²) in [6.45, 7) is 0. The van der Waals surface area contributed by atoms with Crippen LogP contribution in [0.15, 0.2) is 23.8 Å². The zero-order valence-electron chi connectivity index (χ0n) is 7.31. The lowest BCUT2D eigenvalue weighted by molar-refractivity contribution is -0.133. The SMILES string of the molecule is O=C(O)C1=C[C@H]2C[C@@H]1[C@H]1CC=C[C@H]12. The molecule has 0 saturated heterocycles. The molecule has 68 valence electrons. The summed E-state index contributed by atoms with van der Waals surface area (Å²) >= 11 is 0. The van der Waals surface area contributed by atoms with E-state index in [9.17, 15) is 4.79 Å². The molecular weight excluding hydrogens is 164 g/mol. The molecule has 1 N–H and O–H groups in total. The van der Waals surface area contributed by atoms with Crippen molar-refractivity contribution in [2.75, 3.05) is 0 Å². The third-order valence-electron chi connectivity index (χ3n) is 3.84. The Balaban J connectivity index is 1.97. The quantitative estimate of drug-likeness (QED) is 0.619. The normalized spacial score (nSPS) is 45.1. The first-order valence-corrected chi connectivity index (χ1v) is 4.89. The number of carboxylic acid groups (broad SMARTS) is 1. The second-order valence-corrected chi connectivity index (χ2v) is 4.34. The van der Waals surface area contributed by atoms with Crippen molar-refractivity contribution in [1.82, 2.24) is 0 Å². The predicted octanol–water partition coefficient (Wildman–Crippen LogP) is 1.84. The van der Waals surface area contributed by atoms with Crippen LogP contribution in [-0.4, -0.2) is 11.1 Å². The average molecular weight is 176 g/mol. The Morgan fingerprint density at radius 1 is 1.54 bits per heavy atom. The van der Waals surface area contributed by atoms with E-state index in [0.29, 0.717) is 29.2 Å². The van der Waals surface area contributed by atoms with Crippen LogP contribution in [0.25, 0.3) is 0 Å². The molecule has 3 rings (SSSR count). The number of fused-ring (bicyclic) bond motifs is 5. The third kappa shape index (κ3) is 0.808. The maximum atomic E-state index is 10.9. The van der Waals surface area contributed by atoms with E-state index in [4.69, 9.17) is 5.11 Å². The number of aliphatic carboxylic acids is 1. The summed E-state index contributed by atoms with van der Waals surface area (Å²) < 4.78 is 0. The molecule has 2 bridgehead atoms. The van der Waals surface area contributed by atoms with Crippen LogP contribution in [0.3, 0.4) is 0 Å².